The number of carbonyl (C=O) groups excluding carboxylic acids is 3. The van der Waals surface area contributed by atoms with Crippen molar-refractivity contribution in [3.8, 4) is 0 Å². The molecule has 1 aromatic heterocycles. The highest BCUT2D eigenvalue weighted by Gasteiger charge is 2.24. The Morgan fingerprint density at radius 2 is 1.91 bits per heavy atom. The van der Waals surface area contributed by atoms with E-state index in [-0.39, 0.29) is 26.1 Å². The zero-order valence-electron chi connectivity index (χ0n) is 12.4. The van der Waals surface area contributed by atoms with E-state index in [0.29, 0.717) is 10.0 Å². The van der Waals surface area contributed by atoms with Crippen LogP contribution in [0.5, 0.6) is 0 Å². The van der Waals surface area contributed by atoms with E-state index >= 15 is 0 Å². The lowest BCUT2D eigenvalue weighted by Crippen LogP contribution is -2.42. The number of ether oxygens (including phenoxy) is 2. The van der Waals surface area contributed by atoms with Crippen LogP contribution in [0.25, 0.3) is 0 Å². The van der Waals surface area contributed by atoms with Gasteiger partial charge >= 0.3 is 11.9 Å². The molecule has 6 nitrogen and oxygen atoms in total. The lowest BCUT2D eigenvalue weighted by atomic mass is 10.1. The fraction of sp³-hybridized carbons (Fsp3) is 0.500. The van der Waals surface area contributed by atoms with Crippen molar-refractivity contribution >= 4 is 45.1 Å². The van der Waals surface area contributed by atoms with E-state index in [2.05, 4.69) is 21.2 Å². The average Bonchev–Trinajstić information content (AvgIpc) is 2.90. The summed E-state index contributed by atoms with van der Waals surface area (Å²) in [6.45, 7) is 3.86. The highest BCUT2D eigenvalue weighted by molar-refractivity contribution is 9.10. The minimum atomic E-state index is -0.886. The van der Waals surface area contributed by atoms with Crippen LogP contribution in [0.3, 0.4) is 0 Å². The van der Waals surface area contributed by atoms with Gasteiger partial charge in [0.1, 0.15) is 6.04 Å². The number of esters is 2. The Labute approximate surface area is 141 Å². The van der Waals surface area contributed by atoms with Gasteiger partial charge in [-0.15, -0.1) is 0 Å². The van der Waals surface area contributed by atoms with E-state index in [1.807, 2.05) is 0 Å². The molecule has 1 N–H and O–H groups in total. The summed E-state index contributed by atoms with van der Waals surface area (Å²) >= 11 is 4.63. The molecule has 1 aromatic rings. The second-order valence-corrected chi connectivity index (χ2v) is 5.85. The average molecular weight is 392 g/mol. The Bertz CT molecular complexity index is 531. The molecule has 0 saturated carbocycles. The standard InChI is InChI=1S/C14H18BrNO5S/c1-3-20-12(17)6-5-11(14(19)21-4-2)16-13(18)9-7-22-8-10(9)15/h7-8,11H,3-6H2,1-2H3,(H,16,18)/t11-/m0/s1. The Morgan fingerprint density at radius 3 is 2.45 bits per heavy atom. The third kappa shape index (κ3) is 5.76. The quantitative estimate of drug-likeness (QED) is 0.688. The van der Waals surface area contributed by atoms with E-state index in [1.54, 1.807) is 24.6 Å². The maximum atomic E-state index is 12.2. The Kier molecular flexibility index (Phi) is 8.11. The first-order valence-electron chi connectivity index (χ1n) is 6.84. The maximum absolute atomic E-state index is 12.2. The minimum absolute atomic E-state index is 0.0302. The van der Waals surface area contributed by atoms with Crippen molar-refractivity contribution in [2.45, 2.75) is 32.7 Å². The number of nitrogens with one attached hydrogen (secondary N) is 1. The van der Waals surface area contributed by atoms with Gasteiger partial charge in [-0.25, -0.2) is 4.79 Å². The van der Waals surface area contributed by atoms with Gasteiger partial charge in [-0.05, 0) is 36.2 Å². The van der Waals surface area contributed by atoms with Crippen LogP contribution in [0.4, 0.5) is 0 Å². The van der Waals surface area contributed by atoms with E-state index < -0.39 is 23.9 Å². The maximum Gasteiger partial charge on any atom is 0.328 e. The molecule has 0 spiro atoms. The van der Waals surface area contributed by atoms with Crippen LogP contribution in [0, 0.1) is 0 Å². The number of halogens is 1. The summed E-state index contributed by atoms with van der Waals surface area (Å²) in [5, 5.41) is 6.04. The summed E-state index contributed by atoms with van der Waals surface area (Å²) in [5.41, 5.74) is 0.440. The minimum Gasteiger partial charge on any atom is -0.466 e. The van der Waals surface area contributed by atoms with Crippen molar-refractivity contribution in [1.29, 1.82) is 0 Å². The molecule has 1 rings (SSSR count). The second kappa shape index (κ2) is 9.58. The second-order valence-electron chi connectivity index (χ2n) is 4.26. The van der Waals surface area contributed by atoms with E-state index in [9.17, 15) is 14.4 Å². The van der Waals surface area contributed by atoms with Gasteiger partial charge in [0.2, 0.25) is 0 Å². The summed E-state index contributed by atoms with van der Waals surface area (Å²) in [6.07, 6.45) is 0.160. The van der Waals surface area contributed by atoms with Crippen molar-refractivity contribution in [2.24, 2.45) is 0 Å². The molecule has 0 saturated heterocycles. The zero-order chi connectivity index (χ0) is 16.5. The van der Waals surface area contributed by atoms with Crippen molar-refractivity contribution < 1.29 is 23.9 Å². The first-order valence-corrected chi connectivity index (χ1v) is 8.57. The van der Waals surface area contributed by atoms with Crippen LogP contribution >= 0.6 is 27.3 Å². The first-order chi connectivity index (χ1) is 10.5. The van der Waals surface area contributed by atoms with Crippen LogP contribution in [-0.4, -0.2) is 37.1 Å². The molecule has 0 radical (unpaired) electrons. The van der Waals surface area contributed by atoms with E-state index in [0.717, 1.165) is 0 Å². The molecular formula is C14H18BrNO5S. The third-order valence-corrected chi connectivity index (χ3v) is 4.38. The number of hydrogen-bond donors (Lipinski definition) is 1. The lowest BCUT2D eigenvalue weighted by Gasteiger charge is -2.16. The van der Waals surface area contributed by atoms with Crippen LogP contribution in [0.15, 0.2) is 15.2 Å². The number of amides is 1. The molecule has 0 bridgehead atoms. The Morgan fingerprint density at radius 1 is 1.23 bits per heavy atom. The summed E-state index contributed by atoms with van der Waals surface area (Å²) in [4.78, 5) is 35.5. The summed E-state index contributed by atoms with van der Waals surface area (Å²) in [6, 6.07) is -0.886. The van der Waals surface area contributed by atoms with Gasteiger partial charge in [-0.1, -0.05) is 0 Å². The molecule has 1 atom stereocenters. The topological polar surface area (TPSA) is 81.7 Å². The number of carbonyl (C=O) groups is 3. The van der Waals surface area contributed by atoms with Crippen LogP contribution in [0.2, 0.25) is 0 Å². The number of rotatable bonds is 8. The van der Waals surface area contributed by atoms with Crippen molar-refractivity contribution in [1.82, 2.24) is 5.32 Å². The van der Waals surface area contributed by atoms with E-state index in [1.165, 1.54) is 11.3 Å². The van der Waals surface area contributed by atoms with Crippen molar-refractivity contribution in [3.05, 3.63) is 20.8 Å². The zero-order valence-corrected chi connectivity index (χ0v) is 14.8. The summed E-state index contributed by atoms with van der Waals surface area (Å²) < 4.78 is 10.4. The van der Waals surface area contributed by atoms with Gasteiger partial charge in [0, 0.05) is 21.7 Å². The highest BCUT2D eigenvalue weighted by atomic mass is 79.9. The molecule has 22 heavy (non-hydrogen) atoms. The van der Waals surface area contributed by atoms with Crippen LogP contribution in [-0.2, 0) is 19.1 Å². The van der Waals surface area contributed by atoms with Gasteiger partial charge < -0.3 is 14.8 Å². The van der Waals surface area contributed by atoms with Gasteiger partial charge in [-0.3, -0.25) is 9.59 Å². The summed E-state index contributed by atoms with van der Waals surface area (Å²) in [5.74, 6) is -1.37. The molecule has 0 aliphatic carbocycles. The monoisotopic (exact) mass is 391 g/mol. The highest BCUT2D eigenvalue weighted by Crippen LogP contribution is 2.21. The van der Waals surface area contributed by atoms with Gasteiger partial charge in [0.05, 0.1) is 18.8 Å². The van der Waals surface area contributed by atoms with Gasteiger partial charge in [-0.2, -0.15) is 11.3 Å². The fourth-order valence-electron chi connectivity index (χ4n) is 1.67. The molecule has 0 aliphatic heterocycles. The predicted octanol–water partition coefficient (Wildman–Crippen LogP) is 2.52. The third-order valence-electron chi connectivity index (χ3n) is 2.68. The SMILES string of the molecule is CCOC(=O)CC[C@H](NC(=O)c1cscc1Br)C(=O)OCC. The van der Waals surface area contributed by atoms with Crippen molar-refractivity contribution in [2.75, 3.05) is 13.2 Å². The molecule has 8 heteroatoms. The predicted molar refractivity (Wildman–Crippen MR) is 85.8 cm³/mol. The largest absolute Gasteiger partial charge is 0.466 e. The Hall–Kier alpha value is -1.41. The smallest absolute Gasteiger partial charge is 0.328 e. The molecule has 122 valence electrons. The van der Waals surface area contributed by atoms with Crippen LogP contribution < -0.4 is 5.32 Å². The molecule has 1 heterocycles. The normalized spacial score (nSPS) is 11.6. The molecule has 1 amide bonds. The van der Waals surface area contributed by atoms with Gasteiger partial charge in [0.25, 0.3) is 5.91 Å². The molecular weight excluding hydrogens is 374 g/mol. The van der Waals surface area contributed by atoms with Gasteiger partial charge in [0.15, 0.2) is 0 Å². The first kappa shape index (κ1) is 18.6. The Balaban J connectivity index is 2.69. The number of thiophene rings is 1. The molecule has 0 unspecified atom stereocenters. The van der Waals surface area contributed by atoms with Crippen molar-refractivity contribution in [3.63, 3.8) is 0 Å². The molecule has 0 fully saturated rings. The lowest BCUT2D eigenvalue weighted by molar-refractivity contribution is -0.146. The summed E-state index contributed by atoms with van der Waals surface area (Å²) in [7, 11) is 0. The fourth-order valence-corrected chi connectivity index (χ4v) is 3.12. The number of hydrogen-bond acceptors (Lipinski definition) is 6. The molecule has 0 aromatic carbocycles. The van der Waals surface area contributed by atoms with Crippen LogP contribution in [0.1, 0.15) is 37.0 Å². The molecule has 0 aliphatic rings. The van der Waals surface area contributed by atoms with E-state index in [4.69, 9.17) is 9.47 Å².